The second-order valence-corrected chi connectivity index (χ2v) is 3.68. The fourth-order valence-electron chi connectivity index (χ4n) is 0.885. The Bertz CT molecular complexity index is 116. The van der Waals surface area contributed by atoms with Gasteiger partial charge in [-0.15, -0.1) is 0 Å². The summed E-state index contributed by atoms with van der Waals surface area (Å²) in [5.74, 6) is 0. The molecular weight excluding hydrogens is 177 g/mol. The monoisotopic (exact) mass is 185 g/mol. The van der Waals surface area contributed by atoms with Crippen molar-refractivity contribution in [2.75, 3.05) is 13.1 Å². The molecule has 0 atom stereocenters. The Morgan fingerprint density at radius 2 is 1.90 bits per heavy atom. The van der Waals surface area contributed by atoms with Crippen molar-refractivity contribution in [3.8, 4) is 0 Å². The molecule has 0 aliphatic carbocycles. The van der Waals surface area contributed by atoms with Gasteiger partial charge in [-0.3, -0.25) is 0 Å². The van der Waals surface area contributed by atoms with Crippen LogP contribution < -0.4 is 34.7 Å². The Kier molecular flexibility index (Phi) is 6.50. The summed E-state index contributed by atoms with van der Waals surface area (Å²) in [6.07, 6.45) is 2.41. The molecule has 0 aromatic carbocycles. The standard InChI is InChI=1S/C5H9NOS2.Na/c7-5(8)9-6-3-1-2-4-6;/h1-4H2,(H,7,8);/q;+1/p-1. The molecule has 0 N–H and O–H groups in total. The number of hydrogen-bond acceptors (Lipinski definition) is 4. The van der Waals surface area contributed by atoms with E-state index in [1.807, 2.05) is 4.31 Å². The van der Waals surface area contributed by atoms with E-state index in [9.17, 15) is 5.11 Å². The Labute approximate surface area is 92.8 Å². The number of nitrogens with zero attached hydrogens (tertiary/aromatic N) is 1. The first-order valence-electron chi connectivity index (χ1n) is 2.93. The summed E-state index contributed by atoms with van der Waals surface area (Å²) in [6, 6.07) is 0. The van der Waals surface area contributed by atoms with E-state index in [4.69, 9.17) is 0 Å². The van der Waals surface area contributed by atoms with Gasteiger partial charge in [-0.1, -0.05) is 12.2 Å². The first-order valence-corrected chi connectivity index (χ1v) is 4.11. The smallest absolute Gasteiger partial charge is 0.859 e. The molecule has 0 radical (unpaired) electrons. The molecule has 0 bridgehead atoms. The molecule has 1 aliphatic heterocycles. The zero-order valence-corrected chi connectivity index (χ0v) is 9.63. The van der Waals surface area contributed by atoms with Crippen LogP contribution in [0.4, 0.5) is 0 Å². The molecule has 0 amide bonds. The summed E-state index contributed by atoms with van der Waals surface area (Å²) in [7, 11) is 0. The van der Waals surface area contributed by atoms with Crippen molar-refractivity contribution in [1.82, 2.24) is 4.31 Å². The average molecular weight is 185 g/mol. The fourth-order valence-corrected chi connectivity index (χ4v) is 1.85. The van der Waals surface area contributed by atoms with E-state index in [1.54, 1.807) is 0 Å². The van der Waals surface area contributed by atoms with Crippen molar-refractivity contribution in [2.24, 2.45) is 0 Å². The summed E-state index contributed by atoms with van der Waals surface area (Å²) >= 11 is 5.57. The number of rotatable bonds is 1. The third kappa shape index (κ3) is 4.16. The van der Waals surface area contributed by atoms with E-state index >= 15 is 0 Å². The summed E-state index contributed by atoms with van der Waals surface area (Å²) < 4.78 is 1.81. The largest absolute Gasteiger partial charge is 1.00 e. The zero-order valence-electron chi connectivity index (χ0n) is 6.00. The first kappa shape index (κ1) is 11.2. The van der Waals surface area contributed by atoms with Crippen molar-refractivity contribution in [2.45, 2.75) is 12.8 Å². The summed E-state index contributed by atoms with van der Waals surface area (Å²) in [5, 5.41) is 10.3. The van der Waals surface area contributed by atoms with Crippen LogP contribution in [0.3, 0.4) is 0 Å². The molecule has 2 nitrogen and oxygen atoms in total. The van der Waals surface area contributed by atoms with E-state index in [2.05, 4.69) is 12.2 Å². The van der Waals surface area contributed by atoms with Gasteiger partial charge < -0.3 is 5.11 Å². The predicted molar refractivity (Wildman–Crippen MR) is 41.0 cm³/mol. The molecule has 0 saturated carbocycles. The maximum atomic E-state index is 10.3. The van der Waals surface area contributed by atoms with Crippen molar-refractivity contribution < 1.29 is 34.7 Å². The molecule has 10 heavy (non-hydrogen) atoms. The van der Waals surface area contributed by atoms with Crippen LogP contribution in [0.1, 0.15) is 12.8 Å². The fraction of sp³-hybridized carbons (Fsp3) is 0.800. The summed E-state index contributed by atoms with van der Waals surface area (Å²) in [4.78, 5) is 0. The van der Waals surface area contributed by atoms with Crippen LogP contribution in [0, 0.1) is 0 Å². The Balaban J connectivity index is 0.000000810. The Morgan fingerprint density at radius 3 is 2.30 bits per heavy atom. The molecular formula is C5H8NNaOS2. The van der Waals surface area contributed by atoms with Gasteiger partial charge in [0.1, 0.15) is 0 Å². The topological polar surface area (TPSA) is 26.3 Å². The molecule has 1 fully saturated rings. The van der Waals surface area contributed by atoms with Gasteiger partial charge in [0, 0.05) is 17.5 Å². The van der Waals surface area contributed by atoms with E-state index < -0.39 is 0 Å². The first-order chi connectivity index (χ1) is 4.29. The molecule has 1 saturated heterocycles. The van der Waals surface area contributed by atoms with Crippen LogP contribution in [0.25, 0.3) is 0 Å². The normalized spacial score (nSPS) is 18.4. The van der Waals surface area contributed by atoms with Gasteiger partial charge >= 0.3 is 29.6 Å². The predicted octanol–water partition coefficient (Wildman–Crippen LogP) is -2.62. The second kappa shape index (κ2) is 5.80. The van der Waals surface area contributed by atoms with E-state index in [-0.39, 0.29) is 33.9 Å². The van der Waals surface area contributed by atoms with Crippen LogP contribution in [-0.4, -0.2) is 21.8 Å². The molecule has 0 unspecified atom stereocenters. The van der Waals surface area contributed by atoms with Crippen molar-refractivity contribution in [3.05, 3.63) is 0 Å². The SMILES string of the molecule is [Na+].[O-]C(=S)SN1CCCC1. The van der Waals surface area contributed by atoms with E-state index in [0.29, 0.717) is 0 Å². The van der Waals surface area contributed by atoms with Gasteiger partial charge in [0.2, 0.25) is 0 Å². The average Bonchev–Trinajstić information content (AvgIpc) is 2.15. The zero-order chi connectivity index (χ0) is 6.69. The second-order valence-electron chi connectivity index (χ2n) is 1.98. The van der Waals surface area contributed by atoms with Crippen LogP contribution in [0.15, 0.2) is 0 Å². The van der Waals surface area contributed by atoms with Gasteiger partial charge in [-0.2, -0.15) is 0 Å². The minimum atomic E-state index is -0.211. The summed E-state index contributed by atoms with van der Waals surface area (Å²) in [6.45, 7) is 2.04. The molecule has 1 aliphatic rings. The molecule has 0 aromatic rings. The van der Waals surface area contributed by atoms with E-state index in [1.165, 1.54) is 24.8 Å². The molecule has 52 valence electrons. The number of hydrogen-bond donors (Lipinski definition) is 0. The van der Waals surface area contributed by atoms with Crippen LogP contribution >= 0.6 is 24.2 Å². The van der Waals surface area contributed by atoms with Gasteiger partial charge in [0.25, 0.3) is 0 Å². The third-order valence-electron chi connectivity index (χ3n) is 1.27. The molecule has 0 spiro atoms. The molecule has 0 aromatic heterocycles. The van der Waals surface area contributed by atoms with Gasteiger partial charge in [-0.25, -0.2) is 4.31 Å². The molecule has 5 heteroatoms. The van der Waals surface area contributed by atoms with Gasteiger partial charge in [-0.05, 0) is 24.8 Å². The minimum absolute atomic E-state index is 0. The van der Waals surface area contributed by atoms with Crippen LogP contribution in [0.2, 0.25) is 0 Å². The van der Waals surface area contributed by atoms with Crippen LogP contribution in [0.5, 0.6) is 0 Å². The molecule has 1 heterocycles. The number of thiocarbonyl (C=S) groups is 1. The van der Waals surface area contributed by atoms with Crippen LogP contribution in [-0.2, 0) is 0 Å². The summed E-state index contributed by atoms with van der Waals surface area (Å²) in [5.41, 5.74) is 0. The maximum absolute atomic E-state index is 10.3. The van der Waals surface area contributed by atoms with Crippen molar-refractivity contribution >= 4 is 28.5 Å². The van der Waals surface area contributed by atoms with Crippen molar-refractivity contribution in [3.63, 3.8) is 0 Å². The Hall–Kier alpha value is 1.20. The quantitative estimate of drug-likeness (QED) is 0.254. The molecule has 1 rings (SSSR count). The van der Waals surface area contributed by atoms with E-state index in [0.717, 1.165) is 13.1 Å². The third-order valence-corrected chi connectivity index (χ3v) is 2.26. The Morgan fingerprint density at radius 1 is 1.40 bits per heavy atom. The maximum Gasteiger partial charge on any atom is 1.00 e. The van der Waals surface area contributed by atoms with Gasteiger partial charge in [0.15, 0.2) is 0 Å². The van der Waals surface area contributed by atoms with Crippen molar-refractivity contribution in [1.29, 1.82) is 0 Å². The minimum Gasteiger partial charge on any atom is -0.859 e. The van der Waals surface area contributed by atoms with Gasteiger partial charge in [0.05, 0.1) is 0 Å².